The third-order valence-electron chi connectivity index (χ3n) is 7.63. The van der Waals surface area contributed by atoms with Crippen LogP contribution in [0.5, 0.6) is 17.2 Å². The van der Waals surface area contributed by atoms with Crippen LogP contribution in [0, 0.1) is 12.1 Å². The van der Waals surface area contributed by atoms with Gasteiger partial charge in [-0.3, -0.25) is 0 Å². The summed E-state index contributed by atoms with van der Waals surface area (Å²) in [6.07, 6.45) is 0.922. The van der Waals surface area contributed by atoms with E-state index in [0.29, 0.717) is 17.9 Å². The Balaban J connectivity index is 1.24. The first-order valence-electron chi connectivity index (χ1n) is 13.7. The fraction of sp³-hybridized carbons (Fsp3) is 0.212. The summed E-state index contributed by atoms with van der Waals surface area (Å²) in [5, 5.41) is 24.6. The number of H-pyrrole nitrogens is 1. The fourth-order valence-electron chi connectivity index (χ4n) is 5.54. The molecule has 0 radical (unpaired) electrons. The first kappa shape index (κ1) is 26.9. The summed E-state index contributed by atoms with van der Waals surface area (Å²) in [6, 6.07) is 27.6. The Kier molecular flexibility index (Phi) is 7.63. The number of benzene rings is 4. The van der Waals surface area contributed by atoms with E-state index in [1.807, 2.05) is 30.3 Å². The second-order valence-corrected chi connectivity index (χ2v) is 10.3. The molecular formula is C33H33N3O5. The zero-order chi connectivity index (χ0) is 28.3. The molecule has 2 heterocycles. The zero-order valence-electron chi connectivity index (χ0n) is 23.1. The van der Waals surface area contributed by atoms with E-state index in [4.69, 9.17) is 14.2 Å². The van der Waals surface area contributed by atoms with Crippen LogP contribution in [-0.4, -0.2) is 23.8 Å². The topological polar surface area (TPSA) is 103 Å². The van der Waals surface area contributed by atoms with Crippen molar-refractivity contribution in [3.8, 4) is 17.2 Å². The molecular weight excluding hydrogens is 518 g/mol. The van der Waals surface area contributed by atoms with Crippen LogP contribution in [0.2, 0.25) is 0 Å². The van der Waals surface area contributed by atoms with E-state index in [-0.39, 0.29) is 18.3 Å². The van der Waals surface area contributed by atoms with E-state index in [0.717, 1.165) is 52.4 Å². The number of hydrogen-bond acceptors (Lipinski definition) is 6. The smallest absolute Gasteiger partial charge is 0.166 e. The highest BCUT2D eigenvalue weighted by Gasteiger charge is 2.26. The Hall–Kier alpha value is -4.34. The summed E-state index contributed by atoms with van der Waals surface area (Å²) in [5.74, 6) is 2.20. The van der Waals surface area contributed by atoms with Crippen molar-refractivity contribution >= 4 is 16.6 Å². The normalized spacial score (nSPS) is 15.4. The lowest BCUT2D eigenvalue weighted by Crippen LogP contribution is -2.99. The number of hydrogen-bond donors (Lipinski definition) is 4. The molecule has 0 saturated heterocycles. The molecule has 0 fully saturated rings. The molecule has 2 atom stereocenters. The Labute approximate surface area is 238 Å². The third kappa shape index (κ3) is 5.64. The Morgan fingerprint density at radius 2 is 1.71 bits per heavy atom. The molecule has 1 aliphatic heterocycles. The number of aromatic nitrogens is 1. The van der Waals surface area contributed by atoms with E-state index >= 15 is 0 Å². The highest BCUT2D eigenvalue weighted by molar-refractivity contribution is 5.86. The van der Waals surface area contributed by atoms with Crippen LogP contribution in [0.25, 0.3) is 10.9 Å². The van der Waals surface area contributed by atoms with Gasteiger partial charge < -0.3 is 29.7 Å². The second-order valence-electron chi connectivity index (χ2n) is 10.3. The van der Waals surface area contributed by atoms with Gasteiger partial charge >= 0.3 is 0 Å². The lowest BCUT2D eigenvalue weighted by atomic mass is 9.93. The SMILES string of the molecule is COc1ccc(C2NCCc3c2[nH]c2ccc(OCc4ccccc4)cc32)cc1COc1ccc([NH+]([O-])O)c(C)c1. The molecule has 8 heteroatoms. The maximum atomic E-state index is 11.4. The summed E-state index contributed by atoms with van der Waals surface area (Å²) in [5.41, 5.74) is 7.63. The standard InChI is InChI=1S/C33H33N3O5/c1-21-16-25(10-12-30(21)36(37)38)41-20-24-17-23(8-13-31(24)39-2)32-33-27(14-15-34-32)28-18-26(9-11-29(28)35-33)40-19-22-6-4-3-5-7-22/h3-13,16-18,32,34-37H,14-15,19-20H2,1-2H3. The predicted molar refractivity (Wildman–Crippen MR) is 157 cm³/mol. The van der Waals surface area contributed by atoms with Crippen LogP contribution < -0.4 is 24.8 Å². The van der Waals surface area contributed by atoms with Crippen LogP contribution in [0.4, 0.5) is 5.69 Å². The molecule has 4 aromatic carbocycles. The monoisotopic (exact) mass is 551 g/mol. The largest absolute Gasteiger partial charge is 0.595 e. The lowest BCUT2D eigenvalue weighted by Gasteiger charge is -2.25. The summed E-state index contributed by atoms with van der Waals surface area (Å²) in [4.78, 5) is 3.66. The Morgan fingerprint density at radius 3 is 2.49 bits per heavy atom. The zero-order valence-corrected chi connectivity index (χ0v) is 23.1. The highest BCUT2D eigenvalue weighted by Crippen LogP contribution is 2.36. The minimum atomic E-state index is -0.948. The van der Waals surface area contributed by atoms with Crippen molar-refractivity contribution in [1.82, 2.24) is 10.3 Å². The van der Waals surface area contributed by atoms with Crippen LogP contribution in [0.1, 0.15) is 39.6 Å². The number of methoxy groups -OCH3 is 1. The van der Waals surface area contributed by atoms with Crippen molar-refractivity contribution in [1.29, 1.82) is 0 Å². The number of nitrogens with one attached hydrogen (secondary N) is 3. The molecule has 1 aromatic heterocycles. The maximum absolute atomic E-state index is 11.4. The van der Waals surface area contributed by atoms with Gasteiger partial charge in [0.1, 0.15) is 30.5 Å². The van der Waals surface area contributed by atoms with Crippen molar-refractivity contribution in [2.24, 2.45) is 0 Å². The van der Waals surface area contributed by atoms with E-state index in [2.05, 4.69) is 46.7 Å². The van der Waals surface area contributed by atoms with Gasteiger partial charge in [-0.1, -0.05) is 36.4 Å². The molecule has 2 unspecified atom stereocenters. The average Bonchev–Trinajstić information content (AvgIpc) is 3.37. The van der Waals surface area contributed by atoms with Crippen molar-refractivity contribution in [2.45, 2.75) is 32.6 Å². The number of ether oxygens (including phenoxy) is 3. The van der Waals surface area contributed by atoms with Gasteiger partial charge in [0.05, 0.1) is 13.2 Å². The molecule has 1 aliphatic rings. The molecule has 6 rings (SSSR count). The van der Waals surface area contributed by atoms with Crippen molar-refractivity contribution in [3.63, 3.8) is 0 Å². The van der Waals surface area contributed by atoms with Gasteiger partial charge in [-0.15, -0.1) is 0 Å². The van der Waals surface area contributed by atoms with Crippen molar-refractivity contribution in [2.75, 3.05) is 13.7 Å². The van der Waals surface area contributed by atoms with Crippen LogP contribution in [0.15, 0.2) is 84.9 Å². The molecule has 0 amide bonds. The quantitative estimate of drug-likeness (QED) is 0.186. The third-order valence-corrected chi connectivity index (χ3v) is 7.63. The van der Waals surface area contributed by atoms with Gasteiger partial charge in [-0.05, 0) is 72.5 Å². The minimum Gasteiger partial charge on any atom is -0.595 e. The first-order valence-corrected chi connectivity index (χ1v) is 13.7. The first-order chi connectivity index (χ1) is 20.0. The number of rotatable bonds is 9. The minimum absolute atomic E-state index is 0.0124. The second kappa shape index (κ2) is 11.6. The number of fused-ring (bicyclic) bond motifs is 3. The molecule has 4 N–H and O–H groups in total. The van der Waals surface area contributed by atoms with E-state index in [1.54, 1.807) is 32.2 Å². The van der Waals surface area contributed by atoms with Gasteiger partial charge in [0.2, 0.25) is 0 Å². The van der Waals surface area contributed by atoms with Gasteiger partial charge in [0.15, 0.2) is 5.69 Å². The molecule has 5 aromatic rings. The molecule has 0 bridgehead atoms. The molecule has 210 valence electrons. The molecule has 8 nitrogen and oxygen atoms in total. The van der Waals surface area contributed by atoms with Crippen molar-refractivity contribution in [3.05, 3.63) is 124 Å². The summed E-state index contributed by atoms with van der Waals surface area (Å²) in [7, 11) is 1.65. The maximum Gasteiger partial charge on any atom is 0.166 e. The van der Waals surface area contributed by atoms with Gasteiger partial charge in [0.25, 0.3) is 0 Å². The predicted octanol–water partition coefficient (Wildman–Crippen LogP) is 5.28. The molecule has 0 spiro atoms. The summed E-state index contributed by atoms with van der Waals surface area (Å²) >= 11 is 0. The summed E-state index contributed by atoms with van der Waals surface area (Å²) in [6.45, 7) is 3.44. The number of quaternary nitrogens is 1. The Morgan fingerprint density at radius 1 is 0.927 bits per heavy atom. The van der Waals surface area contributed by atoms with Gasteiger partial charge in [0, 0.05) is 40.3 Å². The van der Waals surface area contributed by atoms with E-state index in [1.165, 1.54) is 10.9 Å². The van der Waals surface area contributed by atoms with Crippen LogP contribution in [-0.2, 0) is 19.6 Å². The Bertz CT molecular complexity index is 1670. The van der Waals surface area contributed by atoms with Crippen LogP contribution >= 0.6 is 0 Å². The fourth-order valence-corrected chi connectivity index (χ4v) is 5.54. The highest BCUT2D eigenvalue weighted by atomic mass is 16.8. The van der Waals surface area contributed by atoms with Gasteiger partial charge in [-0.2, -0.15) is 5.23 Å². The molecule has 0 saturated carbocycles. The molecule has 41 heavy (non-hydrogen) atoms. The number of aryl methyl sites for hydroxylation is 1. The van der Waals surface area contributed by atoms with E-state index < -0.39 is 5.23 Å². The summed E-state index contributed by atoms with van der Waals surface area (Å²) < 4.78 is 17.8. The van der Waals surface area contributed by atoms with Crippen molar-refractivity contribution < 1.29 is 24.6 Å². The lowest BCUT2D eigenvalue weighted by molar-refractivity contribution is -0.991. The van der Waals surface area contributed by atoms with Gasteiger partial charge in [-0.25, -0.2) is 5.21 Å². The molecule has 0 aliphatic carbocycles. The number of aromatic amines is 1. The van der Waals surface area contributed by atoms with Crippen LogP contribution in [0.3, 0.4) is 0 Å². The average molecular weight is 552 g/mol. The van der Waals surface area contributed by atoms with E-state index in [9.17, 15) is 10.4 Å².